The lowest BCUT2D eigenvalue weighted by molar-refractivity contribution is -0.0580. The van der Waals surface area contributed by atoms with Crippen LogP contribution in [0.4, 0.5) is 5.82 Å². The zero-order valence-electron chi connectivity index (χ0n) is 21.1. The van der Waals surface area contributed by atoms with E-state index in [1.165, 1.54) is 18.2 Å². The predicted octanol–water partition coefficient (Wildman–Crippen LogP) is 2.27. The second kappa shape index (κ2) is 11.1. The molecule has 2 aliphatic rings. The molecule has 2 aromatic heterocycles. The van der Waals surface area contributed by atoms with Gasteiger partial charge in [0, 0.05) is 19.6 Å². The summed E-state index contributed by atoms with van der Waals surface area (Å²) < 4.78 is 12.6. The molecule has 196 valence electrons. The first-order valence-electron chi connectivity index (χ1n) is 12.6. The number of aliphatic hydroxyl groups excluding tert-OH is 2. The van der Waals surface area contributed by atoms with Crippen molar-refractivity contribution in [1.82, 2.24) is 19.5 Å². The lowest BCUT2D eigenvalue weighted by Crippen LogP contribution is -2.33. The largest absolute Gasteiger partial charge is 0.387 e. The number of anilines is 1. The number of imidazole rings is 1. The zero-order valence-corrected chi connectivity index (χ0v) is 21.1. The van der Waals surface area contributed by atoms with Gasteiger partial charge >= 0.3 is 0 Å². The van der Waals surface area contributed by atoms with Crippen LogP contribution in [0.5, 0.6) is 0 Å². The van der Waals surface area contributed by atoms with Gasteiger partial charge in [0.05, 0.1) is 19.5 Å². The van der Waals surface area contributed by atoms with E-state index < -0.39 is 24.5 Å². The Balaban J connectivity index is 1.46. The monoisotopic (exact) mass is 506 g/mol. The fourth-order valence-electron chi connectivity index (χ4n) is 4.94. The van der Waals surface area contributed by atoms with Gasteiger partial charge in [0.25, 0.3) is 0 Å². The Kier molecular flexibility index (Phi) is 7.63. The molecule has 2 unspecified atom stereocenters. The molecule has 6 atom stereocenters. The Bertz CT molecular complexity index is 1280. The molecule has 5 rings (SSSR count). The van der Waals surface area contributed by atoms with Gasteiger partial charge in [-0.05, 0) is 23.5 Å². The van der Waals surface area contributed by atoms with Gasteiger partial charge in [0.15, 0.2) is 23.2 Å². The molecule has 1 aliphatic heterocycles. The van der Waals surface area contributed by atoms with E-state index >= 15 is 0 Å². The fourth-order valence-corrected chi connectivity index (χ4v) is 4.94. The van der Waals surface area contributed by atoms with Gasteiger partial charge in [-0.15, -0.1) is 0 Å². The summed E-state index contributed by atoms with van der Waals surface area (Å²) in [6, 6.07) is 10.4. The van der Waals surface area contributed by atoms with Crippen LogP contribution in [0.25, 0.3) is 11.2 Å². The van der Waals surface area contributed by atoms with Gasteiger partial charge in [0.2, 0.25) is 0 Å². The molecule has 1 aliphatic carbocycles. The minimum atomic E-state index is -1.17. The smallest absolute Gasteiger partial charge is 0.168 e. The molecule has 0 saturated carbocycles. The van der Waals surface area contributed by atoms with Crippen molar-refractivity contribution >= 4 is 17.0 Å². The molecule has 3 aromatic rings. The summed E-state index contributed by atoms with van der Waals surface area (Å²) in [7, 11) is 1.52. The summed E-state index contributed by atoms with van der Waals surface area (Å²) in [5, 5.41) is 24.6. The van der Waals surface area contributed by atoms with Crippen LogP contribution in [0.1, 0.15) is 36.9 Å². The van der Waals surface area contributed by atoms with Gasteiger partial charge in [-0.2, -0.15) is 0 Å². The number of methoxy groups -OCH3 is 1. The highest BCUT2D eigenvalue weighted by molar-refractivity contribution is 5.83. The predicted molar refractivity (Wildman–Crippen MR) is 140 cm³/mol. The number of aliphatic hydroxyl groups is 2. The molecule has 0 amide bonds. The summed E-state index contributed by atoms with van der Waals surface area (Å²) in [6.07, 6.45) is 5.52. The number of allylic oxidation sites excluding steroid dienone is 3. The van der Waals surface area contributed by atoms with E-state index in [0.29, 0.717) is 35.3 Å². The van der Waals surface area contributed by atoms with Gasteiger partial charge in [0.1, 0.15) is 24.1 Å². The first-order chi connectivity index (χ1) is 18.0. The van der Waals surface area contributed by atoms with Crippen LogP contribution in [0, 0.1) is 5.92 Å². The number of hydrogen-bond donors (Lipinski definition) is 4. The van der Waals surface area contributed by atoms with Crippen molar-refractivity contribution in [2.75, 3.05) is 25.6 Å². The van der Waals surface area contributed by atoms with Crippen molar-refractivity contribution in [1.29, 1.82) is 0 Å². The topological polar surface area (TPSA) is 141 Å². The number of nitrogens with zero attached hydrogens (tertiary/aromatic N) is 4. The average molecular weight is 507 g/mol. The number of nitrogens with one attached hydrogen (secondary N) is 1. The molecule has 5 N–H and O–H groups in total. The standard InChI is InChI=1S/C27H34N6O4/c1-16-8-10-18(11-9-16)19(17-6-4-3-5-7-17)13-29-25-22-26(32-21(12-28)31-25)33(15-30-22)27-24(35)23(34)20(37-27)14-36-2/h3-8,10-11,15-16,19-20,23-24,27,34-35H,9,12-14,28H2,1-2H3,(H,29,31,32)/t16?,19?,20-,23-,24-,27-/m1/s1. The molecule has 0 bridgehead atoms. The van der Waals surface area contributed by atoms with Gasteiger partial charge in [-0.1, -0.05) is 55.5 Å². The summed E-state index contributed by atoms with van der Waals surface area (Å²) >= 11 is 0. The fraction of sp³-hybridized carbons (Fsp3) is 0.444. The number of aromatic nitrogens is 4. The minimum absolute atomic E-state index is 0.114. The third kappa shape index (κ3) is 5.16. The van der Waals surface area contributed by atoms with Crippen molar-refractivity contribution in [2.45, 2.75) is 50.3 Å². The normalized spacial score (nSPS) is 26.4. The highest BCUT2D eigenvalue weighted by atomic mass is 16.6. The Hall–Kier alpha value is -3.15. The van der Waals surface area contributed by atoms with Gasteiger partial charge in [-0.25, -0.2) is 15.0 Å². The quantitative estimate of drug-likeness (QED) is 0.344. The van der Waals surface area contributed by atoms with E-state index in [-0.39, 0.29) is 19.1 Å². The van der Waals surface area contributed by atoms with Crippen molar-refractivity contribution in [3.05, 3.63) is 71.8 Å². The number of hydrogen-bond acceptors (Lipinski definition) is 9. The number of benzene rings is 1. The first kappa shape index (κ1) is 25.5. The van der Waals surface area contributed by atoms with E-state index in [2.05, 4.69) is 57.6 Å². The van der Waals surface area contributed by atoms with Crippen LogP contribution in [0.3, 0.4) is 0 Å². The lowest BCUT2D eigenvalue weighted by Gasteiger charge is -2.23. The number of ether oxygens (including phenoxy) is 2. The molecule has 1 aromatic carbocycles. The van der Waals surface area contributed by atoms with E-state index in [1.807, 2.05) is 18.2 Å². The van der Waals surface area contributed by atoms with Crippen LogP contribution in [0.2, 0.25) is 0 Å². The molecular formula is C27H34N6O4. The summed E-state index contributed by atoms with van der Waals surface area (Å²) in [6.45, 7) is 3.09. The third-order valence-electron chi connectivity index (χ3n) is 7.01. The summed E-state index contributed by atoms with van der Waals surface area (Å²) in [4.78, 5) is 13.7. The third-order valence-corrected chi connectivity index (χ3v) is 7.01. The molecule has 1 fully saturated rings. The highest BCUT2D eigenvalue weighted by Gasteiger charge is 2.44. The highest BCUT2D eigenvalue weighted by Crippen LogP contribution is 2.34. The molecule has 0 radical (unpaired) electrons. The van der Waals surface area contributed by atoms with Crippen molar-refractivity contribution < 1.29 is 19.7 Å². The molecule has 0 spiro atoms. The van der Waals surface area contributed by atoms with Gasteiger partial charge in [-0.3, -0.25) is 4.57 Å². The maximum atomic E-state index is 10.7. The number of nitrogens with two attached hydrogens (primary N) is 1. The Morgan fingerprint density at radius 2 is 2.03 bits per heavy atom. The Labute approximate surface area is 215 Å². The maximum Gasteiger partial charge on any atom is 0.168 e. The summed E-state index contributed by atoms with van der Waals surface area (Å²) in [5.74, 6) is 1.63. The van der Waals surface area contributed by atoms with E-state index in [9.17, 15) is 10.2 Å². The maximum absolute atomic E-state index is 10.7. The van der Waals surface area contributed by atoms with E-state index in [4.69, 9.17) is 15.2 Å². The SMILES string of the molecule is COC[C@H]1O[C@@H](n2cnc3c(NCC(C4=CCC(C)C=C4)c4ccccc4)nc(CN)nc32)[C@H](O)[C@@H]1O. The molecule has 37 heavy (non-hydrogen) atoms. The first-order valence-corrected chi connectivity index (χ1v) is 12.6. The minimum Gasteiger partial charge on any atom is -0.387 e. The van der Waals surface area contributed by atoms with Gasteiger partial charge < -0.3 is 30.7 Å². The summed E-state index contributed by atoms with van der Waals surface area (Å²) in [5.41, 5.74) is 9.39. The van der Waals surface area contributed by atoms with Crippen LogP contribution in [-0.2, 0) is 16.0 Å². The zero-order chi connectivity index (χ0) is 25.9. The van der Waals surface area contributed by atoms with Crippen LogP contribution >= 0.6 is 0 Å². The molecule has 10 heteroatoms. The van der Waals surface area contributed by atoms with Crippen molar-refractivity contribution in [3.63, 3.8) is 0 Å². The van der Waals surface area contributed by atoms with E-state index in [1.54, 1.807) is 10.9 Å². The van der Waals surface area contributed by atoms with Crippen molar-refractivity contribution in [3.8, 4) is 0 Å². The van der Waals surface area contributed by atoms with Crippen molar-refractivity contribution in [2.24, 2.45) is 11.7 Å². The second-order valence-corrected chi connectivity index (χ2v) is 9.64. The van der Waals surface area contributed by atoms with E-state index in [0.717, 1.165) is 6.42 Å². The number of rotatable bonds is 9. The van der Waals surface area contributed by atoms with Crippen LogP contribution in [0.15, 0.2) is 60.5 Å². The molecular weight excluding hydrogens is 472 g/mol. The average Bonchev–Trinajstić information content (AvgIpc) is 3.46. The van der Waals surface area contributed by atoms with Crippen LogP contribution in [-0.4, -0.2) is 68.3 Å². The second-order valence-electron chi connectivity index (χ2n) is 9.64. The number of fused-ring (bicyclic) bond motifs is 1. The lowest BCUT2D eigenvalue weighted by atomic mass is 9.86. The Morgan fingerprint density at radius 3 is 2.73 bits per heavy atom. The Morgan fingerprint density at radius 1 is 1.22 bits per heavy atom. The molecule has 10 nitrogen and oxygen atoms in total. The molecule has 3 heterocycles. The molecule has 1 saturated heterocycles. The van der Waals surface area contributed by atoms with Crippen LogP contribution < -0.4 is 11.1 Å².